The average Bonchev–Trinajstić information content (AvgIpc) is 2.29. The summed E-state index contributed by atoms with van der Waals surface area (Å²) in [4.78, 5) is 11.6. The van der Waals surface area contributed by atoms with E-state index < -0.39 is 8.07 Å². The van der Waals surface area contributed by atoms with Gasteiger partial charge in [-0.05, 0) is 12.5 Å². The highest BCUT2D eigenvalue weighted by atomic mass is 28.3. The van der Waals surface area contributed by atoms with Gasteiger partial charge in [0.25, 0.3) is 0 Å². The second-order valence-corrected chi connectivity index (χ2v) is 9.69. The van der Waals surface area contributed by atoms with Crippen molar-refractivity contribution < 1.29 is 14.3 Å². The molecule has 0 amide bonds. The minimum atomic E-state index is -1.74. The van der Waals surface area contributed by atoms with Gasteiger partial charge in [-0.3, -0.25) is 4.79 Å². The van der Waals surface area contributed by atoms with E-state index >= 15 is 0 Å². The van der Waals surface area contributed by atoms with Crippen molar-refractivity contribution >= 4 is 19.2 Å². The number of rotatable bonds is 6. The molecule has 0 heterocycles. The van der Waals surface area contributed by atoms with Gasteiger partial charge in [0.05, 0.1) is 21.3 Å². The minimum Gasteiger partial charge on any atom is -0.466 e. The van der Waals surface area contributed by atoms with Crippen LogP contribution in [0.25, 0.3) is 0 Å². The summed E-state index contributed by atoms with van der Waals surface area (Å²) in [7, 11) is -0.0531. The highest BCUT2D eigenvalue weighted by Gasteiger charge is 2.27. The molecule has 0 saturated heterocycles. The fraction of sp³-hybridized carbons (Fsp3) is 0.500. The van der Waals surface area contributed by atoms with Crippen LogP contribution < -0.4 is 5.19 Å². The number of hydrogen-bond donors (Lipinski definition) is 0. The number of carbonyl (C=O) groups excluding carboxylic acids is 1. The van der Waals surface area contributed by atoms with E-state index in [-0.39, 0.29) is 5.97 Å². The van der Waals surface area contributed by atoms with Gasteiger partial charge < -0.3 is 9.47 Å². The highest BCUT2D eigenvalue weighted by Crippen LogP contribution is 2.12. The van der Waals surface area contributed by atoms with Crippen molar-refractivity contribution in [1.29, 1.82) is 0 Å². The first kappa shape index (κ1) is 14.9. The second kappa shape index (κ2) is 6.71. The van der Waals surface area contributed by atoms with E-state index in [4.69, 9.17) is 9.47 Å². The number of ether oxygens (including phenoxy) is 2. The van der Waals surface area contributed by atoms with Gasteiger partial charge in [0, 0.05) is 13.2 Å². The molecule has 0 spiro atoms. The third-order valence-corrected chi connectivity index (χ3v) is 6.01. The summed E-state index contributed by atoms with van der Waals surface area (Å²) in [6, 6.07) is 8.89. The Bertz CT molecular complexity index is 385. The van der Waals surface area contributed by atoms with Crippen LogP contribution in [0, 0.1) is 0 Å². The van der Waals surface area contributed by atoms with Crippen molar-refractivity contribution in [3.63, 3.8) is 0 Å². The van der Waals surface area contributed by atoms with Gasteiger partial charge in [-0.25, -0.2) is 0 Å². The van der Waals surface area contributed by atoms with Crippen LogP contribution in [0.1, 0.15) is 12.5 Å². The summed E-state index contributed by atoms with van der Waals surface area (Å²) in [5.41, 5.74) is 1.15. The molecule has 4 heteroatoms. The molecule has 1 rings (SSSR count). The first-order valence-electron chi connectivity index (χ1n) is 6.23. The summed E-state index contributed by atoms with van der Waals surface area (Å²) in [5.74, 6) is -0.0878. The van der Waals surface area contributed by atoms with E-state index in [1.807, 2.05) is 6.92 Å². The van der Waals surface area contributed by atoms with Crippen LogP contribution in [0.15, 0.2) is 24.3 Å². The number of esters is 1. The quantitative estimate of drug-likeness (QED) is 0.585. The Morgan fingerprint density at radius 1 is 1.22 bits per heavy atom. The van der Waals surface area contributed by atoms with E-state index in [0.29, 0.717) is 19.3 Å². The predicted molar refractivity (Wildman–Crippen MR) is 75.7 cm³/mol. The fourth-order valence-corrected chi connectivity index (χ4v) is 3.99. The molecule has 0 aromatic heterocycles. The molecule has 1 aromatic carbocycles. The summed E-state index contributed by atoms with van der Waals surface area (Å²) in [6.45, 7) is 7.30. The Hall–Kier alpha value is -1.13. The lowest BCUT2D eigenvalue weighted by molar-refractivity contribution is -0.140. The highest BCUT2D eigenvalue weighted by molar-refractivity contribution is 6.91. The van der Waals surface area contributed by atoms with E-state index in [1.54, 1.807) is 7.11 Å². The number of carbonyl (C=O) groups is 1. The molecule has 0 bridgehead atoms. The van der Waals surface area contributed by atoms with Crippen molar-refractivity contribution in [1.82, 2.24) is 0 Å². The average molecular weight is 266 g/mol. The zero-order chi connectivity index (χ0) is 13.6. The van der Waals surface area contributed by atoms with Gasteiger partial charge in [-0.2, -0.15) is 0 Å². The normalized spacial score (nSPS) is 11.3. The van der Waals surface area contributed by atoms with Crippen LogP contribution in [0.2, 0.25) is 19.1 Å². The van der Waals surface area contributed by atoms with E-state index in [0.717, 1.165) is 5.56 Å². The largest absolute Gasteiger partial charge is 0.466 e. The van der Waals surface area contributed by atoms with Gasteiger partial charge in [0.15, 0.2) is 0 Å². The molecule has 100 valence electrons. The molecule has 0 aliphatic heterocycles. The molecule has 0 fully saturated rings. The lowest BCUT2D eigenvalue weighted by Gasteiger charge is -2.22. The van der Waals surface area contributed by atoms with Gasteiger partial charge in [-0.15, -0.1) is 0 Å². The molecule has 3 nitrogen and oxygen atoms in total. The molecule has 0 saturated carbocycles. The molecule has 0 radical (unpaired) electrons. The van der Waals surface area contributed by atoms with E-state index in [2.05, 4.69) is 37.4 Å². The van der Waals surface area contributed by atoms with Crippen LogP contribution >= 0.6 is 0 Å². The topological polar surface area (TPSA) is 35.5 Å². The molecular formula is C14H22O3Si. The van der Waals surface area contributed by atoms with Gasteiger partial charge in [-0.1, -0.05) is 42.5 Å². The molecule has 0 unspecified atom stereocenters. The third-order valence-electron chi connectivity index (χ3n) is 2.94. The zero-order valence-electron chi connectivity index (χ0n) is 11.7. The SMILES string of the molecule is CCOC(=O)C[Si](C)(C)c1ccc(COC)cc1. The van der Waals surface area contributed by atoms with Crippen LogP contribution in [-0.4, -0.2) is 27.8 Å². The summed E-state index contributed by atoms with van der Waals surface area (Å²) < 4.78 is 10.1. The Morgan fingerprint density at radius 3 is 2.33 bits per heavy atom. The minimum absolute atomic E-state index is 0.0878. The molecule has 1 aromatic rings. The molecule has 0 aliphatic rings. The fourth-order valence-electron chi connectivity index (χ4n) is 1.89. The van der Waals surface area contributed by atoms with Crippen molar-refractivity contribution in [3.05, 3.63) is 29.8 Å². The van der Waals surface area contributed by atoms with Crippen molar-refractivity contribution in [2.75, 3.05) is 13.7 Å². The molecule has 0 N–H and O–H groups in total. The number of benzene rings is 1. The lowest BCUT2D eigenvalue weighted by Crippen LogP contribution is -2.43. The molecule has 18 heavy (non-hydrogen) atoms. The standard InChI is InChI=1S/C14H22O3Si/c1-5-17-14(15)11-18(3,4)13-8-6-12(7-9-13)10-16-2/h6-9H,5,10-11H2,1-4H3. The van der Waals surface area contributed by atoms with Crippen LogP contribution in [-0.2, 0) is 20.9 Å². The molecule has 0 aliphatic carbocycles. The smallest absolute Gasteiger partial charge is 0.303 e. The molecular weight excluding hydrogens is 244 g/mol. The lowest BCUT2D eigenvalue weighted by atomic mass is 10.2. The van der Waals surface area contributed by atoms with Crippen LogP contribution in [0.3, 0.4) is 0 Å². The number of hydrogen-bond acceptors (Lipinski definition) is 3. The molecule has 0 atom stereocenters. The first-order valence-corrected chi connectivity index (χ1v) is 9.44. The number of methoxy groups -OCH3 is 1. The first-order chi connectivity index (χ1) is 8.49. The maximum Gasteiger partial charge on any atom is 0.303 e. The van der Waals surface area contributed by atoms with Crippen LogP contribution in [0.5, 0.6) is 0 Å². The summed E-state index contributed by atoms with van der Waals surface area (Å²) in [5, 5.41) is 1.27. The van der Waals surface area contributed by atoms with E-state index in [9.17, 15) is 4.79 Å². The van der Waals surface area contributed by atoms with Gasteiger partial charge in [0.1, 0.15) is 0 Å². The second-order valence-electron chi connectivity index (χ2n) is 5.00. The zero-order valence-corrected chi connectivity index (χ0v) is 12.7. The van der Waals surface area contributed by atoms with Crippen molar-refractivity contribution in [2.45, 2.75) is 32.7 Å². The predicted octanol–water partition coefficient (Wildman–Crippen LogP) is 2.31. The van der Waals surface area contributed by atoms with Gasteiger partial charge in [0.2, 0.25) is 0 Å². The maximum absolute atomic E-state index is 11.6. The summed E-state index contributed by atoms with van der Waals surface area (Å²) >= 11 is 0. The van der Waals surface area contributed by atoms with E-state index in [1.165, 1.54) is 5.19 Å². The van der Waals surface area contributed by atoms with Gasteiger partial charge >= 0.3 is 5.97 Å². The van der Waals surface area contributed by atoms with Crippen molar-refractivity contribution in [2.24, 2.45) is 0 Å². The Kier molecular flexibility index (Phi) is 5.56. The maximum atomic E-state index is 11.6. The van der Waals surface area contributed by atoms with Crippen molar-refractivity contribution in [3.8, 4) is 0 Å². The Balaban J connectivity index is 2.74. The Morgan fingerprint density at radius 2 is 1.83 bits per heavy atom. The summed E-state index contributed by atoms with van der Waals surface area (Å²) in [6.07, 6.45) is 0. The Labute approximate surface area is 110 Å². The van der Waals surface area contributed by atoms with Crippen LogP contribution in [0.4, 0.5) is 0 Å². The third kappa shape index (κ3) is 4.27. The monoisotopic (exact) mass is 266 g/mol.